The van der Waals surface area contributed by atoms with Crippen molar-refractivity contribution in [2.75, 3.05) is 7.11 Å². The Bertz CT molecular complexity index is 485. The molecule has 0 bridgehead atoms. The minimum atomic E-state index is 0.604. The van der Waals surface area contributed by atoms with E-state index in [0.29, 0.717) is 11.3 Å². The van der Waals surface area contributed by atoms with Crippen molar-refractivity contribution in [1.29, 1.82) is 0 Å². The lowest BCUT2D eigenvalue weighted by Crippen LogP contribution is -2.26. The molecule has 4 heteroatoms. The zero-order chi connectivity index (χ0) is 10.1. The van der Waals surface area contributed by atoms with Gasteiger partial charge in [0, 0.05) is 5.39 Å². The largest absolute Gasteiger partial charge is 0.618 e. The highest BCUT2D eigenvalue weighted by Crippen LogP contribution is 2.20. The molecular weight excluding hydrogens is 246 g/mol. The molecule has 0 unspecified atom stereocenters. The lowest BCUT2D eigenvalue weighted by Gasteiger charge is -2.04. The Morgan fingerprint density at radius 2 is 2.14 bits per heavy atom. The van der Waals surface area contributed by atoms with E-state index < -0.39 is 0 Å². The third-order valence-corrected chi connectivity index (χ3v) is 2.44. The Balaban J connectivity index is 2.75. The van der Waals surface area contributed by atoms with Crippen molar-refractivity contribution in [3.8, 4) is 5.75 Å². The predicted molar refractivity (Wildman–Crippen MR) is 57.2 cm³/mol. The van der Waals surface area contributed by atoms with Gasteiger partial charge in [-0.3, -0.25) is 0 Å². The quantitative estimate of drug-likeness (QED) is 0.578. The van der Waals surface area contributed by atoms with Crippen LogP contribution in [-0.2, 0) is 0 Å². The van der Waals surface area contributed by atoms with Crippen molar-refractivity contribution in [2.24, 2.45) is 0 Å². The normalized spacial score (nSPS) is 10.4. The first-order valence-electron chi connectivity index (χ1n) is 4.07. The highest BCUT2D eigenvalue weighted by Gasteiger charge is 2.06. The average Bonchev–Trinajstić information content (AvgIpc) is 2.17. The van der Waals surface area contributed by atoms with Crippen LogP contribution in [0.4, 0.5) is 0 Å². The Morgan fingerprint density at radius 3 is 2.86 bits per heavy atom. The summed E-state index contributed by atoms with van der Waals surface area (Å²) in [4.78, 5) is 0. The fraction of sp³-hybridized carbons (Fsp3) is 0.100. The monoisotopic (exact) mass is 253 g/mol. The highest BCUT2D eigenvalue weighted by molar-refractivity contribution is 9.10. The van der Waals surface area contributed by atoms with E-state index in [0.717, 1.165) is 14.6 Å². The van der Waals surface area contributed by atoms with Crippen LogP contribution in [0.5, 0.6) is 5.75 Å². The number of halogens is 1. The molecule has 72 valence electrons. The van der Waals surface area contributed by atoms with Crippen molar-refractivity contribution >= 4 is 26.8 Å². The summed E-state index contributed by atoms with van der Waals surface area (Å²) in [5, 5.41) is 12.4. The molecule has 1 aromatic heterocycles. The molecule has 0 radical (unpaired) electrons. The third-order valence-electron chi connectivity index (χ3n) is 2.01. The van der Waals surface area contributed by atoms with E-state index >= 15 is 0 Å². The van der Waals surface area contributed by atoms with Gasteiger partial charge in [0.25, 0.3) is 0 Å². The second-order valence-electron chi connectivity index (χ2n) is 2.91. The van der Waals surface area contributed by atoms with E-state index in [1.165, 1.54) is 6.20 Å². The van der Waals surface area contributed by atoms with Crippen LogP contribution in [0, 0.1) is 5.21 Å². The molecule has 0 fully saturated rings. The van der Waals surface area contributed by atoms with Crippen LogP contribution in [-0.4, -0.2) is 7.11 Å². The van der Waals surface area contributed by atoms with Crippen molar-refractivity contribution < 1.29 is 9.47 Å². The van der Waals surface area contributed by atoms with Crippen LogP contribution < -0.4 is 9.47 Å². The minimum absolute atomic E-state index is 0.604. The fourth-order valence-corrected chi connectivity index (χ4v) is 1.76. The van der Waals surface area contributed by atoms with Gasteiger partial charge in [0.1, 0.15) is 5.75 Å². The molecule has 0 saturated heterocycles. The van der Waals surface area contributed by atoms with Crippen molar-refractivity contribution in [3.63, 3.8) is 0 Å². The van der Waals surface area contributed by atoms with Gasteiger partial charge in [-0.25, -0.2) is 0 Å². The maximum absolute atomic E-state index is 11.5. The summed E-state index contributed by atoms with van der Waals surface area (Å²) in [7, 11) is 1.58. The summed E-state index contributed by atoms with van der Waals surface area (Å²) in [5.41, 5.74) is 0.604. The van der Waals surface area contributed by atoms with Crippen molar-refractivity contribution in [2.45, 2.75) is 0 Å². The van der Waals surface area contributed by atoms with Crippen LogP contribution >= 0.6 is 15.9 Å². The van der Waals surface area contributed by atoms with Gasteiger partial charge >= 0.3 is 0 Å². The van der Waals surface area contributed by atoms with E-state index in [9.17, 15) is 5.21 Å². The molecule has 0 amide bonds. The van der Waals surface area contributed by atoms with Crippen LogP contribution in [0.1, 0.15) is 0 Å². The highest BCUT2D eigenvalue weighted by atomic mass is 79.9. The number of hydrogen-bond acceptors (Lipinski definition) is 2. The summed E-state index contributed by atoms with van der Waals surface area (Å²) < 4.78 is 6.63. The molecule has 14 heavy (non-hydrogen) atoms. The first kappa shape index (κ1) is 9.27. The smallest absolute Gasteiger partial charge is 0.227 e. The summed E-state index contributed by atoms with van der Waals surface area (Å²) in [6.07, 6.45) is 1.47. The number of nitrogens with zero attached hydrogens (tertiary/aromatic N) is 1. The van der Waals surface area contributed by atoms with E-state index in [-0.39, 0.29) is 0 Å². The molecule has 2 aromatic rings. The van der Waals surface area contributed by atoms with Gasteiger partial charge in [0.2, 0.25) is 5.52 Å². The van der Waals surface area contributed by atoms with Crippen LogP contribution in [0.15, 0.2) is 34.9 Å². The average molecular weight is 254 g/mol. The molecule has 0 saturated carbocycles. The number of ether oxygens (including phenoxy) is 1. The van der Waals surface area contributed by atoms with E-state index in [4.69, 9.17) is 4.74 Å². The first-order chi connectivity index (χ1) is 6.70. The molecule has 0 aliphatic carbocycles. The van der Waals surface area contributed by atoms with Gasteiger partial charge in [0.15, 0.2) is 6.20 Å². The lowest BCUT2D eigenvalue weighted by molar-refractivity contribution is -0.577. The van der Waals surface area contributed by atoms with E-state index in [2.05, 4.69) is 15.9 Å². The fourth-order valence-electron chi connectivity index (χ4n) is 1.33. The first-order valence-corrected chi connectivity index (χ1v) is 4.86. The number of hydrogen-bond donors (Lipinski definition) is 0. The molecule has 0 aliphatic rings. The number of rotatable bonds is 1. The Labute approximate surface area is 89.6 Å². The summed E-state index contributed by atoms with van der Waals surface area (Å²) in [5.74, 6) is 0.685. The van der Waals surface area contributed by atoms with E-state index in [1.54, 1.807) is 13.2 Å². The van der Waals surface area contributed by atoms with Gasteiger partial charge in [-0.15, -0.1) is 0 Å². The Kier molecular flexibility index (Phi) is 2.29. The van der Waals surface area contributed by atoms with Crippen LogP contribution in [0.2, 0.25) is 0 Å². The molecule has 0 atom stereocenters. The van der Waals surface area contributed by atoms with Crippen LogP contribution in [0.3, 0.4) is 0 Å². The number of benzene rings is 1. The Morgan fingerprint density at radius 1 is 1.36 bits per heavy atom. The van der Waals surface area contributed by atoms with Gasteiger partial charge < -0.3 is 9.94 Å². The molecule has 0 aliphatic heterocycles. The van der Waals surface area contributed by atoms with Gasteiger partial charge in [-0.2, -0.15) is 4.73 Å². The van der Waals surface area contributed by atoms with Crippen LogP contribution in [0.25, 0.3) is 10.9 Å². The molecule has 2 rings (SSSR count). The second-order valence-corrected chi connectivity index (χ2v) is 3.82. The summed E-state index contributed by atoms with van der Waals surface area (Å²) in [6, 6.07) is 7.29. The predicted octanol–water partition coefficient (Wildman–Crippen LogP) is 2.24. The van der Waals surface area contributed by atoms with Gasteiger partial charge in [-0.1, -0.05) is 0 Å². The zero-order valence-electron chi connectivity index (χ0n) is 7.53. The number of fused-ring (bicyclic) bond motifs is 1. The number of pyridine rings is 1. The van der Waals surface area contributed by atoms with Crippen molar-refractivity contribution in [1.82, 2.24) is 0 Å². The zero-order valence-corrected chi connectivity index (χ0v) is 9.11. The molecule has 0 spiro atoms. The standard InChI is InChI=1S/C10H8BrNO2/c1-14-9-3-2-7-4-8(11)6-12(13)10(7)5-9/h2-6H,1H3. The maximum atomic E-state index is 11.5. The molecular formula is C10H8BrNO2. The molecule has 1 aromatic carbocycles. The molecule has 1 heterocycles. The van der Waals surface area contributed by atoms with E-state index in [1.807, 2.05) is 18.2 Å². The third kappa shape index (κ3) is 1.53. The topological polar surface area (TPSA) is 36.2 Å². The van der Waals surface area contributed by atoms with Gasteiger partial charge in [-0.05, 0) is 34.1 Å². The molecule has 3 nitrogen and oxygen atoms in total. The number of methoxy groups -OCH3 is 1. The maximum Gasteiger partial charge on any atom is 0.227 e. The molecule has 0 N–H and O–H groups in total. The summed E-state index contributed by atoms with van der Waals surface area (Å²) >= 11 is 3.27. The summed E-state index contributed by atoms with van der Waals surface area (Å²) in [6.45, 7) is 0. The number of aromatic nitrogens is 1. The van der Waals surface area contributed by atoms with Crippen molar-refractivity contribution in [3.05, 3.63) is 40.1 Å². The SMILES string of the molecule is COc1ccc2cc(Br)c[n+]([O-])c2c1. The Hall–Kier alpha value is -1.29. The second kappa shape index (κ2) is 3.46. The van der Waals surface area contributed by atoms with Gasteiger partial charge in [0.05, 0.1) is 17.6 Å². The lowest BCUT2D eigenvalue weighted by atomic mass is 10.2. The minimum Gasteiger partial charge on any atom is -0.618 e.